The number of esters is 1. The molecule has 0 unspecified atom stereocenters. The van der Waals surface area contributed by atoms with E-state index in [1.54, 1.807) is 23.7 Å². The topological polar surface area (TPSA) is 65.2 Å². The molecular formula is C19H14N2O3S2. The number of thiophene rings is 1. The van der Waals surface area contributed by atoms with Crippen LogP contribution in [0, 0.1) is 0 Å². The average Bonchev–Trinajstić information content (AvgIpc) is 3.33. The number of fused-ring (bicyclic) bond motifs is 1. The second kappa shape index (κ2) is 7.31. The van der Waals surface area contributed by atoms with Gasteiger partial charge in [-0.15, -0.1) is 11.3 Å². The Hall–Kier alpha value is -2.64. The number of benzene rings is 1. The fourth-order valence-electron chi connectivity index (χ4n) is 2.57. The van der Waals surface area contributed by atoms with E-state index in [-0.39, 0.29) is 0 Å². The SMILES string of the molecule is COC(=O)c1ccoc1CSc1ncnc2sc(-c3ccccc3)cc12. The number of thioether (sulfide) groups is 1. The number of methoxy groups -OCH3 is 1. The van der Waals surface area contributed by atoms with Crippen molar-refractivity contribution in [3.8, 4) is 10.4 Å². The summed E-state index contributed by atoms with van der Waals surface area (Å²) in [5.74, 6) is 0.663. The molecule has 0 aliphatic rings. The molecule has 0 saturated carbocycles. The number of hydrogen-bond donors (Lipinski definition) is 0. The summed E-state index contributed by atoms with van der Waals surface area (Å²) >= 11 is 3.15. The summed E-state index contributed by atoms with van der Waals surface area (Å²) in [4.78, 5) is 22.6. The van der Waals surface area contributed by atoms with Crippen molar-refractivity contribution in [2.75, 3.05) is 7.11 Å². The first-order valence-electron chi connectivity index (χ1n) is 7.83. The number of carbonyl (C=O) groups excluding carboxylic acids is 1. The third-order valence-corrected chi connectivity index (χ3v) is 5.94. The van der Waals surface area contributed by atoms with Gasteiger partial charge in [0.05, 0.1) is 19.1 Å². The fraction of sp³-hybridized carbons (Fsp3) is 0.105. The van der Waals surface area contributed by atoms with Gasteiger partial charge in [0, 0.05) is 10.3 Å². The standard InChI is InChI=1S/C19H14N2O3S2/c1-23-19(22)13-7-8-24-15(13)10-25-17-14-9-16(12-5-3-2-4-6-12)26-18(14)21-11-20-17/h2-9,11H,10H2,1H3. The van der Waals surface area contributed by atoms with Gasteiger partial charge in [0.15, 0.2) is 0 Å². The molecule has 0 spiro atoms. The van der Waals surface area contributed by atoms with Gasteiger partial charge in [0.25, 0.3) is 0 Å². The van der Waals surface area contributed by atoms with E-state index in [2.05, 4.69) is 28.2 Å². The molecule has 0 atom stereocenters. The summed E-state index contributed by atoms with van der Waals surface area (Å²) in [5, 5.41) is 1.87. The Morgan fingerprint density at radius 2 is 2.08 bits per heavy atom. The number of ether oxygens (including phenoxy) is 1. The molecular weight excluding hydrogens is 368 g/mol. The van der Waals surface area contributed by atoms with Crippen molar-refractivity contribution in [3.05, 3.63) is 66.4 Å². The minimum atomic E-state index is -0.399. The molecule has 0 N–H and O–H groups in total. The van der Waals surface area contributed by atoms with E-state index in [4.69, 9.17) is 9.15 Å². The molecule has 0 fully saturated rings. The van der Waals surface area contributed by atoms with Crippen molar-refractivity contribution in [1.82, 2.24) is 9.97 Å². The number of nitrogens with zero attached hydrogens (tertiary/aromatic N) is 2. The van der Waals surface area contributed by atoms with Gasteiger partial charge in [-0.3, -0.25) is 0 Å². The Bertz CT molecular complexity index is 1060. The van der Waals surface area contributed by atoms with Gasteiger partial charge < -0.3 is 9.15 Å². The minimum absolute atomic E-state index is 0.399. The summed E-state index contributed by atoms with van der Waals surface area (Å²) in [6, 6.07) is 13.9. The highest BCUT2D eigenvalue weighted by Gasteiger charge is 2.17. The van der Waals surface area contributed by atoms with Crippen LogP contribution in [0.4, 0.5) is 0 Å². The Morgan fingerprint density at radius 1 is 1.23 bits per heavy atom. The number of furan rings is 1. The largest absolute Gasteiger partial charge is 0.468 e. The second-order valence-corrected chi connectivity index (χ2v) is 7.41. The van der Waals surface area contributed by atoms with Gasteiger partial charge in [-0.05, 0) is 17.7 Å². The highest BCUT2D eigenvalue weighted by Crippen LogP contribution is 2.37. The molecule has 0 aliphatic heterocycles. The normalized spacial score (nSPS) is 11.0. The lowest BCUT2D eigenvalue weighted by atomic mass is 10.2. The van der Waals surface area contributed by atoms with Gasteiger partial charge in [-0.2, -0.15) is 0 Å². The molecule has 0 saturated heterocycles. The molecule has 130 valence electrons. The minimum Gasteiger partial charge on any atom is -0.468 e. The quantitative estimate of drug-likeness (QED) is 0.274. The van der Waals surface area contributed by atoms with E-state index in [0.717, 1.165) is 25.7 Å². The van der Waals surface area contributed by atoms with Crippen LogP contribution in [0.5, 0.6) is 0 Å². The van der Waals surface area contributed by atoms with Crippen LogP contribution in [-0.4, -0.2) is 23.0 Å². The van der Waals surface area contributed by atoms with Crippen LogP contribution < -0.4 is 0 Å². The third-order valence-electron chi connectivity index (χ3n) is 3.84. The molecule has 3 aromatic heterocycles. The Kier molecular flexibility index (Phi) is 4.73. The molecule has 0 bridgehead atoms. The van der Waals surface area contributed by atoms with E-state index >= 15 is 0 Å². The Morgan fingerprint density at radius 3 is 2.88 bits per heavy atom. The summed E-state index contributed by atoms with van der Waals surface area (Å²) < 4.78 is 10.2. The van der Waals surface area contributed by atoms with Gasteiger partial charge in [0.1, 0.15) is 27.5 Å². The number of hydrogen-bond acceptors (Lipinski definition) is 7. The number of aromatic nitrogens is 2. The Labute approximate surface area is 158 Å². The van der Waals surface area contributed by atoms with Crippen molar-refractivity contribution in [2.45, 2.75) is 10.8 Å². The zero-order valence-corrected chi connectivity index (χ0v) is 15.5. The maximum Gasteiger partial charge on any atom is 0.341 e. The van der Waals surface area contributed by atoms with Gasteiger partial charge in [-0.25, -0.2) is 14.8 Å². The summed E-state index contributed by atoms with van der Waals surface area (Å²) in [5.41, 5.74) is 1.60. The van der Waals surface area contributed by atoms with Crippen LogP contribution in [0.1, 0.15) is 16.1 Å². The lowest BCUT2D eigenvalue weighted by Gasteiger charge is -2.02. The maximum absolute atomic E-state index is 11.8. The van der Waals surface area contributed by atoms with E-state index in [1.165, 1.54) is 25.1 Å². The van der Waals surface area contributed by atoms with E-state index < -0.39 is 5.97 Å². The summed E-state index contributed by atoms with van der Waals surface area (Å²) in [6.45, 7) is 0. The first-order chi connectivity index (χ1) is 12.8. The van der Waals surface area contributed by atoms with Crippen LogP contribution in [0.25, 0.3) is 20.7 Å². The van der Waals surface area contributed by atoms with Crippen molar-refractivity contribution in [3.63, 3.8) is 0 Å². The average molecular weight is 382 g/mol. The first kappa shape index (κ1) is 16.8. The van der Waals surface area contributed by atoms with Crippen molar-refractivity contribution in [1.29, 1.82) is 0 Å². The monoisotopic (exact) mass is 382 g/mol. The molecule has 4 rings (SSSR count). The smallest absolute Gasteiger partial charge is 0.341 e. The molecule has 4 aromatic rings. The summed E-state index contributed by atoms with van der Waals surface area (Å²) in [7, 11) is 1.36. The number of carbonyl (C=O) groups is 1. The predicted molar refractivity (Wildman–Crippen MR) is 102 cm³/mol. The predicted octanol–water partition coefficient (Wildman–Crippen LogP) is 5.03. The molecule has 26 heavy (non-hydrogen) atoms. The van der Waals surface area contributed by atoms with Gasteiger partial charge >= 0.3 is 5.97 Å². The molecule has 5 nitrogen and oxygen atoms in total. The van der Waals surface area contributed by atoms with E-state index in [0.29, 0.717) is 17.1 Å². The second-order valence-electron chi connectivity index (χ2n) is 5.41. The van der Waals surface area contributed by atoms with Crippen molar-refractivity contribution in [2.24, 2.45) is 0 Å². The first-order valence-corrected chi connectivity index (χ1v) is 9.64. The van der Waals surface area contributed by atoms with Gasteiger partial charge in [0.2, 0.25) is 0 Å². The van der Waals surface area contributed by atoms with Crippen molar-refractivity contribution >= 4 is 39.3 Å². The molecule has 7 heteroatoms. The van der Waals surface area contributed by atoms with Crippen LogP contribution >= 0.6 is 23.1 Å². The van der Waals surface area contributed by atoms with Crippen LogP contribution in [-0.2, 0) is 10.5 Å². The van der Waals surface area contributed by atoms with E-state index in [9.17, 15) is 4.79 Å². The van der Waals surface area contributed by atoms with Crippen LogP contribution in [0.3, 0.4) is 0 Å². The lowest BCUT2D eigenvalue weighted by Crippen LogP contribution is -2.02. The van der Waals surface area contributed by atoms with Crippen molar-refractivity contribution < 1.29 is 13.9 Å². The van der Waals surface area contributed by atoms with Crippen LogP contribution in [0.15, 0.2) is 64.5 Å². The molecule has 0 radical (unpaired) electrons. The molecule has 1 aromatic carbocycles. The highest BCUT2D eigenvalue weighted by atomic mass is 32.2. The van der Waals surface area contributed by atoms with E-state index in [1.807, 2.05) is 18.2 Å². The lowest BCUT2D eigenvalue weighted by molar-refractivity contribution is 0.0598. The summed E-state index contributed by atoms with van der Waals surface area (Å²) in [6.07, 6.45) is 3.06. The molecule has 0 amide bonds. The third kappa shape index (κ3) is 3.23. The number of rotatable bonds is 5. The molecule has 3 heterocycles. The maximum atomic E-state index is 11.8. The zero-order valence-electron chi connectivity index (χ0n) is 13.8. The Balaban J connectivity index is 1.62. The molecule has 0 aliphatic carbocycles. The zero-order chi connectivity index (χ0) is 17.9. The highest BCUT2D eigenvalue weighted by molar-refractivity contribution is 7.98. The van der Waals surface area contributed by atoms with Gasteiger partial charge in [-0.1, -0.05) is 42.1 Å². The van der Waals surface area contributed by atoms with Crippen LogP contribution in [0.2, 0.25) is 0 Å². The fourth-order valence-corrected chi connectivity index (χ4v) is 4.56.